The third kappa shape index (κ3) is 3.87. The second-order valence-corrected chi connectivity index (χ2v) is 7.77. The van der Waals surface area contributed by atoms with Gasteiger partial charge in [-0.15, -0.1) is 5.10 Å². The summed E-state index contributed by atoms with van der Waals surface area (Å²) in [5.41, 5.74) is -5.51. The van der Waals surface area contributed by atoms with E-state index in [4.69, 9.17) is 5.14 Å². The number of sulfonamides is 1. The Balaban J connectivity index is 2.32. The lowest BCUT2D eigenvalue weighted by Gasteiger charge is -2.15. The minimum atomic E-state index is -4.94. The zero-order valence-corrected chi connectivity index (χ0v) is 15.8. The van der Waals surface area contributed by atoms with Crippen molar-refractivity contribution in [3.05, 3.63) is 64.6 Å². The van der Waals surface area contributed by atoms with Crippen LogP contribution in [0.3, 0.4) is 0 Å². The normalized spacial score (nSPS) is 12.5. The number of aromatic nitrogens is 2. The number of hydrogen-bond donors (Lipinski definition) is 1. The van der Waals surface area contributed by atoms with Gasteiger partial charge in [0.15, 0.2) is 5.82 Å². The van der Waals surface area contributed by atoms with Gasteiger partial charge in [0.05, 0.1) is 5.56 Å². The molecule has 0 bridgehead atoms. The van der Waals surface area contributed by atoms with Crippen LogP contribution in [-0.2, 0) is 16.2 Å². The molecule has 0 atom stereocenters. The number of nitrogens with two attached hydrogens (primary N) is 1. The van der Waals surface area contributed by atoms with E-state index in [0.29, 0.717) is 12.1 Å². The van der Waals surface area contributed by atoms with E-state index < -0.39 is 78.4 Å². The maximum absolute atomic E-state index is 14.6. The van der Waals surface area contributed by atoms with Gasteiger partial charge in [-0.2, -0.15) is 22.0 Å². The second-order valence-electron chi connectivity index (χ2n) is 6.24. The molecule has 0 saturated carbocycles. The Hall–Kier alpha value is -3.00. The number of hydrogen-bond acceptors (Lipinski definition) is 3. The number of halogens is 8. The van der Waals surface area contributed by atoms with Crippen LogP contribution in [0.1, 0.15) is 11.1 Å². The van der Waals surface area contributed by atoms with Gasteiger partial charge in [-0.05, 0) is 36.8 Å². The summed E-state index contributed by atoms with van der Waals surface area (Å²) in [6.07, 6.45) is -4.94. The van der Waals surface area contributed by atoms with E-state index in [1.54, 1.807) is 0 Å². The van der Waals surface area contributed by atoms with E-state index in [1.807, 2.05) is 0 Å². The molecule has 3 rings (SSSR count). The minimum Gasteiger partial charge on any atom is -0.225 e. The number of primary sulfonamides is 1. The van der Waals surface area contributed by atoms with Gasteiger partial charge >= 0.3 is 6.18 Å². The molecule has 0 unspecified atom stereocenters. The van der Waals surface area contributed by atoms with Crippen LogP contribution in [0.25, 0.3) is 16.9 Å². The lowest BCUT2D eigenvalue weighted by molar-refractivity contribution is -0.138. The first kappa shape index (κ1) is 22.7. The molecule has 0 radical (unpaired) electrons. The minimum absolute atomic E-state index is 0.0864. The summed E-state index contributed by atoms with van der Waals surface area (Å²) < 4.78 is 133. The van der Waals surface area contributed by atoms with E-state index in [-0.39, 0.29) is 16.8 Å². The molecule has 0 fully saturated rings. The van der Waals surface area contributed by atoms with Crippen molar-refractivity contribution < 1.29 is 43.5 Å². The van der Waals surface area contributed by atoms with Crippen LogP contribution >= 0.6 is 0 Å². The quantitative estimate of drug-likeness (QED) is 0.582. The number of benzene rings is 2. The molecule has 1 heterocycles. The first-order valence-electron chi connectivity index (χ1n) is 7.97. The highest BCUT2D eigenvalue weighted by atomic mass is 32.2. The van der Waals surface area contributed by atoms with Gasteiger partial charge < -0.3 is 0 Å². The fourth-order valence-corrected chi connectivity index (χ4v) is 3.45. The SMILES string of the molecule is Cc1c(C(F)(F)F)ccc(-n2nc(F)c(F)c2-c2cc(F)c(S(N)(=O)=O)cc2F)c1F. The molecule has 2 N–H and O–H groups in total. The molecule has 14 heteroatoms. The molecule has 5 nitrogen and oxygen atoms in total. The predicted molar refractivity (Wildman–Crippen MR) is 89.9 cm³/mol. The molecular weight excluding hydrogens is 462 g/mol. The Morgan fingerprint density at radius 3 is 2.13 bits per heavy atom. The summed E-state index contributed by atoms with van der Waals surface area (Å²) in [4.78, 5) is -1.29. The molecular formula is C17H9F8N3O2S. The fraction of sp³-hybridized carbons (Fsp3) is 0.118. The van der Waals surface area contributed by atoms with Crippen molar-refractivity contribution in [3.8, 4) is 16.9 Å². The van der Waals surface area contributed by atoms with E-state index in [0.717, 1.165) is 6.92 Å². The van der Waals surface area contributed by atoms with Crippen LogP contribution < -0.4 is 5.14 Å². The zero-order chi connectivity index (χ0) is 23.5. The second kappa shape index (κ2) is 7.30. The average molecular weight is 471 g/mol. The summed E-state index contributed by atoms with van der Waals surface area (Å²) >= 11 is 0. The molecule has 0 amide bonds. The number of rotatable bonds is 3. The van der Waals surface area contributed by atoms with Crippen LogP contribution in [0.2, 0.25) is 0 Å². The summed E-state index contributed by atoms with van der Waals surface area (Å²) in [5.74, 6) is -8.62. The van der Waals surface area contributed by atoms with Crippen molar-refractivity contribution >= 4 is 10.0 Å². The Morgan fingerprint density at radius 1 is 0.968 bits per heavy atom. The smallest absolute Gasteiger partial charge is 0.225 e. The molecule has 2 aromatic carbocycles. The van der Waals surface area contributed by atoms with Gasteiger partial charge in [0.1, 0.15) is 27.9 Å². The maximum atomic E-state index is 14.6. The fourth-order valence-electron chi connectivity index (χ4n) is 2.85. The molecule has 0 aliphatic carbocycles. The van der Waals surface area contributed by atoms with Crippen LogP contribution in [0, 0.1) is 36.1 Å². The molecule has 0 aliphatic heterocycles. The van der Waals surface area contributed by atoms with E-state index in [1.165, 1.54) is 0 Å². The van der Waals surface area contributed by atoms with Gasteiger partial charge in [0.25, 0.3) is 5.95 Å². The molecule has 166 valence electrons. The highest BCUT2D eigenvalue weighted by Crippen LogP contribution is 2.37. The molecule has 31 heavy (non-hydrogen) atoms. The lowest BCUT2D eigenvalue weighted by Crippen LogP contribution is -2.15. The number of nitrogens with zero attached hydrogens (tertiary/aromatic N) is 2. The Morgan fingerprint density at radius 2 is 1.58 bits per heavy atom. The van der Waals surface area contributed by atoms with E-state index >= 15 is 0 Å². The van der Waals surface area contributed by atoms with Gasteiger partial charge in [-0.25, -0.2) is 31.4 Å². The topological polar surface area (TPSA) is 78.0 Å². The number of alkyl halides is 3. The third-order valence-corrected chi connectivity index (χ3v) is 5.20. The summed E-state index contributed by atoms with van der Waals surface area (Å²) in [6, 6.07) is 1.15. The van der Waals surface area contributed by atoms with Crippen molar-refractivity contribution in [2.24, 2.45) is 5.14 Å². The van der Waals surface area contributed by atoms with E-state index in [9.17, 15) is 43.5 Å². The lowest BCUT2D eigenvalue weighted by atomic mass is 10.1. The molecule has 0 spiro atoms. The van der Waals surface area contributed by atoms with Crippen molar-refractivity contribution in [2.45, 2.75) is 18.0 Å². The Bertz CT molecular complexity index is 1320. The van der Waals surface area contributed by atoms with Crippen LogP contribution in [0.4, 0.5) is 35.1 Å². The molecule has 1 aromatic heterocycles. The largest absolute Gasteiger partial charge is 0.416 e. The zero-order valence-electron chi connectivity index (χ0n) is 15.0. The summed E-state index contributed by atoms with van der Waals surface area (Å²) in [6.45, 7) is 0.749. The van der Waals surface area contributed by atoms with Crippen molar-refractivity contribution in [1.82, 2.24) is 9.78 Å². The van der Waals surface area contributed by atoms with Crippen molar-refractivity contribution in [3.63, 3.8) is 0 Å². The van der Waals surface area contributed by atoms with Crippen LogP contribution in [-0.4, -0.2) is 18.2 Å². The molecule has 0 aliphatic rings. The van der Waals surface area contributed by atoms with Gasteiger partial charge in [0, 0.05) is 5.56 Å². The highest BCUT2D eigenvalue weighted by molar-refractivity contribution is 7.89. The Labute approximate surface area is 168 Å². The van der Waals surface area contributed by atoms with Gasteiger partial charge in [-0.1, -0.05) is 0 Å². The third-order valence-electron chi connectivity index (χ3n) is 4.27. The van der Waals surface area contributed by atoms with Crippen LogP contribution in [0.15, 0.2) is 29.2 Å². The highest BCUT2D eigenvalue weighted by Gasteiger charge is 2.35. The summed E-state index contributed by atoms with van der Waals surface area (Å²) in [7, 11) is -4.73. The first-order valence-corrected chi connectivity index (χ1v) is 9.52. The first-order chi connectivity index (χ1) is 14.1. The molecule has 0 saturated heterocycles. The predicted octanol–water partition coefficient (Wildman–Crippen LogP) is 4.21. The van der Waals surface area contributed by atoms with E-state index in [2.05, 4.69) is 5.10 Å². The average Bonchev–Trinajstić information content (AvgIpc) is 2.91. The standard InChI is InChI=1S/C17H9F8N3O2S/c1-6-8(17(23,24)25)2-3-11(13(6)20)28-15(14(21)16(22)27-28)7-4-10(19)12(5-9(7)18)31(26,29)30/h2-5H,1H3,(H2,26,29,30). The molecule has 3 aromatic rings. The van der Waals surface area contributed by atoms with Crippen molar-refractivity contribution in [1.29, 1.82) is 0 Å². The van der Waals surface area contributed by atoms with Gasteiger partial charge in [-0.3, -0.25) is 0 Å². The van der Waals surface area contributed by atoms with Crippen molar-refractivity contribution in [2.75, 3.05) is 0 Å². The maximum Gasteiger partial charge on any atom is 0.416 e. The van der Waals surface area contributed by atoms with Gasteiger partial charge in [0.2, 0.25) is 15.8 Å². The Kier molecular flexibility index (Phi) is 5.34. The van der Waals surface area contributed by atoms with Crippen LogP contribution in [0.5, 0.6) is 0 Å². The summed E-state index contributed by atoms with van der Waals surface area (Å²) in [5, 5.41) is 7.74. The monoisotopic (exact) mass is 471 g/mol.